The smallest absolute Gasteiger partial charge is 0.221 e. The minimum atomic E-state index is -0.139. The van der Waals surface area contributed by atoms with Crippen LogP contribution in [0, 0.1) is 0 Å². The maximum Gasteiger partial charge on any atom is 0.221 e. The molecular formula is C17H18N2O3. The zero-order valence-electron chi connectivity index (χ0n) is 12.6. The second kappa shape index (κ2) is 7.26. The first-order chi connectivity index (χ1) is 10.6. The van der Waals surface area contributed by atoms with Crippen molar-refractivity contribution in [2.45, 2.75) is 6.92 Å². The van der Waals surface area contributed by atoms with Gasteiger partial charge in [-0.05, 0) is 48.5 Å². The van der Waals surface area contributed by atoms with Gasteiger partial charge in [0.25, 0.3) is 0 Å². The summed E-state index contributed by atoms with van der Waals surface area (Å²) in [5.74, 6) is 0.607. The Morgan fingerprint density at radius 1 is 0.955 bits per heavy atom. The molecule has 114 valence electrons. The third kappa shape index (κ3) is 4.34. The quantitative estimate of drug-likeness (QED) is 0.805. The lowest BCUT2D eigenvalue weighted by Gasteiger charge is -2.07. The number of methoxy groups -OCH3 is 1. The largest absolute Gasteiger partial charge is 0.497 e. The number of rotatable bonds is 6. The number of carbonyl (C=O) groups excluding carboxylic acids is 2. The molecule has 0 unspecified atom stereocenters. The van der Waals surface area contributed by atoms with Gasteiger partial charge in [-0.1, -0.05) is 0 Å². The highest BCUT2D eigenvalue weighted by Crippen LogP contribution is 2.15. The second-order valence-corrected chi connectivity index (χ2v) is 4.76. The zero-order valence-corrected chi connectivity index (χ0v) is 12.6. The van der Waals surface area contributed by atoms with E-state index in [1.165, 1.54) is 6.92 Å². The minimum Gasteiger partial charge on any atom is -0.497 e. The number of anilines is 2. The number of nitrogens with one attached hydrogen (secondary N) is 2. The maximum absolute atomic E-state index is 12.1. The van der Waals surface area contributed by atoms with Gasteiger partial charge in [-0.15, -0.1) is 0 Å². The van der Waals surface area contributed by atoms with Crippen LogP contribution in [-0.2, 0) is 4.79 Å². The highest BCUT2D eigenvalue weighted by atomic mass is 16.5. The third-order valence-corrected chi connectivity index (χ3v) is 3.07. The summed E-state index contributed by atoms with van der Waals surface area (Å²) in [6.45, 7) is 1.64. The zero-order chi connectivity index (χ0) is 15.9. The van der Waals surface area contributed by atoms with Crippen LogP contribution in [0.15, 0.2) is 48.5 Å². The van der Waals surface area contributed by atoms with Crippen LogP contribution in [0.4, 0.5) is 11.4 Å². The Labute approximate surface area is 129 Å². The van der Waals surface area contributed by atoms with Crippen molar-refractivity contribution in [3.05, 3.63) is 54.1 Å². The fourth-order valence-corrected chi connectivity index (χ4v) is 1.94. The van der Waals surface area contributed by atoms with Crippen LogP contribution in [0.5, 0.6) is 5.75 Å². The van der Waals surface area contributed by atoms with Crippen LogP contribution >= 0.6 is 0 Å². The second-order valence-electron chi connectivity index (χ2n) is 4.76. The first-order valence-corrected chi connectivity index (χ1v) is 6.87. The SMILES string of the molecule is COc1ccc(NCC(=O)c2ccc(NC(C)=O)cc2)cc1. The minimum absolute atomic E-state index is 0.0230. The summed E-state index contributed by atoms with van der Waals surface area (Å²) in [7, 11) is 1.61. The number of hydrogen-bond donors (Lipinski definition) is 2. The molecular weight excluding hydrogens is 280 g/mol. The van der Waals surface area contributed by atoms with E-state index in [1.807, 2.05) is 24.3 Å². The molecule has 0 heterocycles. The highest BCUT2D eigenvalue weighted by molar-refractivity contribution is 5.99. The fourth-order valence-electron chi connectivity index (χ4n) is 1.94. The highest BCUT2D eigenvalue weighted by Gasteiger charge is 2.06. The van der Waals surface area contributed by atoms with E-state index in [1.54, 1.807) is 31.4 Å². The Balaban J connectivity index is 1.92. The van der Waals surface area contributed by atoms with Crippen molar-refractivity contribution < 1.29 is 14.3 Å². The van der Waals surface area contributed by atoms with E-state index in [-0.39, 0.29) is 18.2 Å². The number of amides is 1. The lowest BCUT2D eigenvalue weighted by Crippen LogP contribution is -2.14. The normalized spacial score (nSPS) is 9.91. The van der Waals surface area contributed by atoms with E-state index in [0.717, 1.165) is 11.4 Å². The van der Waals surface area contributed by atoms with Gasteiger partial charge in [-0.2, -0.15) is 0 Å². The summed E-state index contributed by atoms with van der Waals surface area (Å²) >= 11 is 0. The van der Waals surface area contributed by atoms with Crippen molar-refractivity contribution in [1.82, 2.24) is 0 Å². The molecule has 2 N–H and O–H groups in total. The fraction of sp³-hybridized carbons (Fsp3) is 0.176. The molecule has 0 atom stereocenters. The first-order valence-electron chi connectivity index (χ1n) is 6.87. The molecule has 0 saturated heterocycles. The molecule has 0 saturated carbocycles. The van der Waals surface area contributed by atoms with E-state index < -0.39 is 0 Å². The average Bonchev–Trinajstić information content (AvgIpc) is 2.53. The lowest BCUT2D eigenvalue weighted by molar-refractivity contribution is -0.114. The molecule has 2 aromatic rings. The Bertz CT molecular complexity index is 649. The molecule has 0 aliphatic rings. The standard InChI is InChI=1S/C17H18N2O3/c1-12(20)19-15-5-3-13(4-6-15)17(21)11-18-14-7-9-16(22-2)10-8-14/h3-10,18H,11H2,1-2H3,(H,19,20). The number of ether oxygens (including phenoxy) is 1. The van der Waals surface area contributed by atoms with Crippen LogP contribution < -0.4 is 15.4 Å². The van der Waals surface area contributed by atoms with Crippen molar-refractivity contribution in [2.75, 3.05) is 24.3 Å². The van der Waals surface area contributed by atoms with Gasteiger partial charge in [0.2, 0.25) is 5.91 Å². The summed E-state index contributed by atoms with van der Waals surface area (Å²) in [6.07, 6.45) is 0. The third-order valence-electron chi connectivity index (χ3n) is 3.07. The van der Waals surface area contributed by atoms with Gasteiger partial charge in [-0.3, -0.25) is 9.59 Å². The summed E-state index contributed by atoms with van der Waals surface area (Å²) in [5.41, 5.74) is 2.12. The van der Waals surface area contributed by atoms with E-state index in [2.05, 4.69) is 10.6 Å². The molecule has 2 rings (SSSR count). The Hall–Kier alpha value is -2.82. The molecule has 0 radical (unpaired) electrons. The van der Waals surface area contributed by atoms with Crippen molar-refractivity contribution in [1.29, 1.82) is 0 Å². The van der Waals surface area contributed by atoms with Gasteiger partial charge in [-0.25, -0.2) is 0 Å². The van der Waals surface area contributed by atoms with E-state index >= 15 is 0 Å². The monoisotopic (exact) mass is 298 g/mol. The van der Waals surface area contributed by atoms with Crippen molar-refractivity contribution in [2.24, 2.45) is 0 Å². The molecule has 0 bridgehead atoms. The molecule has 5 heteroatoms. The van der Waals surface area contributed by atoms with Gasteiger partial charge in [0, 0.05) is 23.9 Å². The number of carbonyl (C=O) groups is 2. The summed E-state index contributed by atoms with van der Waals surface area (Å²) in [5, 5.41) is 5.73. The number of benzene rings is 2. The molecule has 0 aliphatic heterocycles. The van der Waals surface area contributed by atoms with Gasteiger partial charge in [0.05, 0.1) is 13.7 Å². The Kier molecular flexibility index (Phi) is 5.14. The van der Waals surface area contributed by atoms with Crippen molar-refractivity contribution in [3.8, 4) is 5.75 Å². The van der Waals surface area contributed by atoms with Gasteiger partial charge >= 0.3 is 0 Å². The lowest BCUT2D eigenvalue weighted by atomic mass is 10.1. The summed E-state index contributed by atoms with van der Waals surface area (Å²) in [4.78, 5) is 23.0. The number of hydrogen-bond acceptors (Lipinski definition) is 4. The van der Waals surface area contributed by atoms with Crippen LogP contribution in [-0.4, -0.2) is 25.3 Å². The molecule has 22 heavy (non-hydrogen) atoms. The van der Waals surface area contributed by atoms with Crippen LogP contribution in [0.25, 0.3) is 0 Å². The van der Waals surface area contributed by atoms with Crippen molar-refractivity contribution in [3.63, 3.8) is 0 Å². The molecule has 0 spiro atoms. The van der Waals surface area contributed by atoms with E-state index in [4.69, 9.17) is 4.74 Å². The van der Waals surface area contributed by atoms with E-state index in [9.17, 15) is 9.59 Å². The summed E-state index contributed by atoms with van der Waals surface area (Å²) < 4.78 is 5.08. The molecule has 0 aliphatic carbocycles. The van der Waals surface area contributed by atoms with Gasteiger partial charge in [0.15, 0.2) is 5.78 Å². The van der Waals surface area contributed by atoms with Gasteiger partial charge < -0.3 is 15.4 Å². The molecule has 1 amide bonds. The first kappa shape index (κ1) is 15.6. The van der Waals surface area contributed by atoms with Gasteiger partial charge in [0.1, 0.15) is 5.75 Å². The molecule has 5 nitrogen and oxygen atoms in total. The van der Waals surface area contributed by atoms with Crippen LogP contribution in [0.2, 0.25) is 0 Å². The molecule has 0 fully saturated rings. The number of ketones is 1. The predicted molar refractivity (Wildman–Crippen MR) is 86.6 cm³/mol. The van der Waals surface area contributed by atoms with Crippen LogP contribution in [0.1, 0.15) is 17.3 Å². The Morgan fingerprint density at radius 2 is 1.55 bits per heavy atom. The Morgan fingerprint density at radius 3 is 2.09 bits per heavy atom. The number of Topliss-reactive ketones (excluding diaryl/α,β-unsaturated/α-hetero) is 1. The maximum atomic E-state index is 12.1. The van der Waals surface area contributed by atoms with E-state index in [0.29, 0.717) is 11.3 Å². The molecule has 0 aromatic heterocycles. The molecule has 2 aromatic carbocycles. The topological polar surface area (TPSA) is 67.4 Å². The predicted octanol–water partition coefficient (Wildman–Crippen LogP) is 2.95. The summed E-state index contributed by atoms with van der Waals surface area (Å²) in [6, 6.07) is 14.2. The average molecular weight is 298 g/mol. The van der Waals surface area contributed by atoms with Crippen LogP contribution in [0.3, 0.4) is 0 Å². The van der Waals surface area contributed by atoms with Crippen molar-refractivity contribution >= 4 is 23.1 Å².